The molecule has 5 nitrogen and oxygen atoms in total. The average molecular weight is 310 g/mol. The first-order chi connectivity index (χ1) is 10.0. The second kappa shape index (κ2) is 7.87. The number of nitrogens with zero attached hydrogens (tertiary/aromatic N) is 2. The molecule has 1 aromatic heterocycles. The summed E-state index contributed by atoms with van der Waals surface area (Å²) >= 11 is 1.50. The van der Waals surface area contributed by atoms with Gasteiger partial charge in [0, 0.05) is 31.4 Å². The van der Waals surface area contributed by atoms with Gasteiger partial charge in [0.05, 0.1) is 5.69 Å². The Balaban J connectivity index is 1.81. The van der Waals surface area contributed by atoms with Crippen LogP contribution in [0, 0.1) is 5.92 Å². The molecule has 1 unspecified atom stereocenters. The van der Waals surface area contributed by atoms with Crippen molar-refractivity contribution in [2.24, 2.45) is 5.92 Å². The Bertz CT molecular complexity index is 460. The molecule has 1 aliphatic rings. The number of aromatic nitrogens is 1. The highest BCUT2D eigenvalue weighted by atomic mass is 32.1. The van der Waals surface area contributed by atoms with E-state index >= 15 is 0 Å². The van der Waals surface area contributed by atoms with Crippen molar-refractivity contribution in [1.29, 1.82) is 0 Å². The number of carbonyl (C=O) groups excluding carboxylic acids is 1. The molecule has 0 aliphatic carbocycles. The van der Waals surface area contributed by atoms with Gasteiger partial charge in [-0.3, -0.25) is 9.69 Å². The van der Waals surface area contributed by atoms with E-state index in [1.54, 1.807) is 0 Å². The van der Waals surface area contributed by atoms with Crippen LogP contribution in [0.25, 0.3) is 0 Å². The molecule has 1 aliphatic heterocycles. The summed E-state index contributed by atoms with van der Waals surface area (Å²) in [7, 11) is 0. The fraction of sp³-hybridized carbons (Fsp3) is 0.733. The molecule has 0 spiro atoms. The molecule has 21 heavy (non-hydrogen) atoms. The molecular formula is C15H26N4OS. The monoisotopic (exact) mass is 310 g/mol. The van der Waals surface area contributed by atoms with Crippen LogP contribution in [0.3, 0.4) is 0 Å². The van der Waals surface area contributed by atoms with E-state index in [-0.39, 0.29) is 5.91 Å². The Kier molecular flexibility index (Phi) is 6.14. The van der Waals surface area contributed by atoms with Gasteiger partial charge < -0.3 is 10.6 Å². The van der Waals surface area contributed by atoms with E-state index in [9.17, 15) is 4.79 Å². The zero-order valence-corrected chi connectivity index (χ0v) is 14.0. The first-order valence-electron chi connectivity index (χ1n) is 7.70. The van der Waals surface area contributed by atoms with E-state index in [2.05, 4.69) is 34.4 Å². The first-order valence-corrected chi connectivity index (χ1v) is 8.58. The molecule has 1 atom stereocenters. The van der Waals surface area contributed by atoms with E-state index in [4.69, 9.17) is 0 Å². The zero-order chi connectivity index (χ0) is 15.2. The molecule has 0 bridgehead atoms. The van der Waals surface area contributed by atoms with E-state index < -0.39 is 0 Å². The van der Waals surface area contributed by atoms with Crippen LogP contribution in [0.1, 0.15) is 39.3 Å². The lowest BCUT2D eigenvalue weighted by molar-refractivity contribution is -0.114. The van der Waals surface area contributed by atoms with Gasteiger partial charge in [0.15, 0.2) is 5.13 Å². The lowest BCUT2D eigenvalue weighted by Crippen LogP contribution is -2.40. The van der Waals surface area contributed by atoms with Gasteiger partial charge in [0.25, 0.3) is 0 Å². The Hall–Kier alpha value is -0.980. The maximum Gasteiger partial charge on any atom is 0.223 e. The van der Waals surface area contributed by atoms with Crippen molar-refractivity contribution in [3.63, 3.8) is 0 Å². The minimum Gasteiger partial charge on any atom is -0.314 e. The topological polar surface area (TPSA) is 57.3 Å². The van der Waals surface area contributed by atoms with Crippen molar-refractivity contribution in [1.82, 2.24) is 15.2 Å². The summed E-state index contributed by atoms with van der Waals surface area (Å²) in [6.07, 6.45) is 2.57. The molecule has 0 radical (unpaired) electrons. The third-order valence-corrected chi connectivity index (χ3v) is 4.44. The molecule has 2 heterocycles. The van der Waals surface area contributed by atoms with Crippen molar-refractivity contribution in [2.45, 2.75) is 46.2 Å². The summed E-state index contributed by atoms with van der Waals surface area (Å²) in [6, 6.07) is 0.555. The highest BCUT2D eigenvalue weighted by Gasteiger charge is 2.20. The number of piperidine rings is 1. The molecule has 1 amide bonds. The van der Waals surface area contributed by atoms with Gasteiger partial charge in [-0.2, -0.15) is 0 Å². The lowest BCUT2D eigenvalue weighted by atomic mass is 9.97. The number of anilines is 1. The van der Waals surface area contributed by atoms with Crippen molar-refractivity contribution in [3.8, 4) is 0 Å². The van der Waals surface area contributed by atoms with Gasteiger partial charge in [-0.05, 0) is 31.8 Å². The van der Waals surface area contributed by atoms with Gasteiger partial charge in [-0.25, -0.2) is 4.98 Å². The van der Waals surface area contributed by atoms with Crippen molar-refractivity contribution in [3.05, 3.63) is 11.1 Å². The van der Waals surface area contributed by atoms with Crippen molar-refractivity contribution in [2.75, 3.05) is 25.0 Å². The third kappa shape index (κ3) is 5.73. The molecular weight excluding hydrogens is 284 g/mol. The molecule has 6 heteroatoms. The Morgan fingerprint density at radius 1 is 1.57 bits per heavy atom. The Labute approximate surface area is 131 Å². The van der Waals surface area contributed by atoms with Crippen LogP contribution < -0.4 is 10.6 Å². The average Bonchev–Trinajstić information content (AvgIpc) is 2.83. The Morgan fingerprint density at radius 2 is 2.38 bits per heavy atom. The van der Waals surface area contributed by atoms with Crippen LogP contribution in [0.5, 0.6) is 0 Å². The zero-order valence-electron chi connectivity index (χ0n) is 13.2. The standard InChI is InChI=1S/C15H26N4OS/c1-11(2)16-7-13-5-4-6-19(8-13)9-14-10-21-15(18-14)17-12(3)20/h10-11,13,16H,4-9H2,1-3H3,(H,17,18,20). The normalized spacial score (nSPS) is 19.9. The number of rotatable bonds is 6. The van der Waals surface area contributed by atoms with Crippen molar-refractivity contribution < 1.29 is 4.79 Å². The van der Waals surface area contributed by atoms with Crippen LogP contribution in [-0.4, -0.2) is 41.5 Å². The molecule has 1 aromatic rings. The first kappa shape index (κ1) is 16.4. The Morgan fingerprint density at radius 3 is 3.10 bits per heavy atom. The fourth-order valence-corrected chi connectivity index (χ4v) is 3.43. The predicted molar refractivity (Wildman–Crippen MR) is 87.6 cm³/mol. The number of likely N-dealkylation sites (tertiary alicyclic amines) is 1. The summed E-state index contributed by atoms with van der Waals surface area (Å²) in [4.78, 5) is 18.0. The number of carbonyl (C=O) groups is 1. The van der Waals surface area contributed by atoms with Crippen LogP contribution in [0.15, 0.2) is 5.38 Å². The lowest BCUT2D eigenvalue weighted by Gasteiger charge is -2.32. The number of thiazole rings is 1. The highest BCUT2D eigenvalue weighted by Crippen LogP contribution is 2.21. The number of hydrogen-bond acceptors (Lipinski definition) is 5. The SMILES string of the molecule is CC(=O)Nc1nc(CN2CCCC(CNC(C)C)C2)cs1. The molecule has 118 valence electrons. The van der Waals surface area contributed by atoms with Gasteiger partial charge in [0.1, 0.15) is 0 Å². The maximum absolute atomic E-state index is 11.0. The molecule has 1 saturated heterocycles. The van der Waals surface area contributed by atoms with Crippen LogP contribution >= 0.6 is 11.3 Å². The molecule has 0 aromatic carbocycles. The third-order valence-electron chi connectivity index (χ3n) is 3.64. The van der Waals surface area contributed by atoms with E-state index in [1.165, 1.54) is 31.1 Å². The maximum atomic E-state index is 11.0. The van der Waals surface area contributed by atoms with Crippen molar-refractivity contribution >= 4 is 22.4 Å². The summed E-state index contributed by atoms with van der Waals surface area (Å²) in [6.45, 7) is 10.2. The van der Waals surface area contributed by atoms with Gasteiger partial charge in [0.2, 0.25) is 5.91 Å². The van der Waals surface area contributed by atoms with Crippen LogP contribution in [0.4, 0.5) is 5.13 Å². The fourth-order valence-electron chi connectivity index (χ4n) is 2.68. The quantitative estimate of drug-likeness (QED) is 0.846. The summed E-state index contributed by atoms with van der Waals surface area (Å²) in [5, 5.41) is 9.03. The van der Waals surface area contributed by atoms with E-state index in [0.717, 1.165) is 37.8 Å². The van der Waals surface area contributed by atoms with Gasteiger partial charge in [-0.15, -0.1) is 11.3 Å². The molecule has 0 saturated carbocycles. The molecule has 1 fully saturated rings. The summed E-state index contributed by atoms with van der Waals surface area (Å²) < 4.78 is 0. The van der Waals surface area contributed by atoms with Gasteiger partial charge >= 0.3 is 0 Å². The highest BCUT2D eigenvalue weighted by molar-refractivity contribution is 7.13. The number of amides is 1. The number of hydrogen-bond donors (Lipinski definition) is 2. The van der Waals surface area contributed by atoms with Gasteiger partial charge in [-0.1, -0.05) is 13.8 Å². The second-order valence-corrected chi connectivity index (χ2v) is 6.99. The second-order valence-electron chi connectivity index (χ2n) is 6.13. The summed E-state index contributed by atoms with van der Waals surface area (Å²) in [5.74, 6) is 0.670. The molecule has 2 N–H and O–H groups in total. The molecule has 2 rings (SSSR count). The minimum atomic E-state index is -0.0614. The predicted octanol–water partition coefficient (Wildman–Crippen LogP) is 2.31. The van der Waals surface area contributed by atoms with Crippen LogP contribution in [0.2, 0.25) is 0 Å². The minimum absolute atomic E-state index is 0.0614. The largest absolute Gasteiger partial charge is 0.314 e. The number of nitrogens with one attached hydrogen (secondary N) is 2. The smallest absolute Gasteiger partial charge is 0.223 e. The van der Waals surface area contributed by atoms with E-state index in [1.807, 2.05) is 5.38 Å². The summed E-state index contributed by atoms with van der Waals surface area (Å²) in [5.41, 5.74) is 1.06. The van der Waals surface area contributed by atoms with E-state index in [0.29, 0.717) is 11.2 Å². The van der Waals surface area contributed by atoms with Crippen LogP contribution in [-0.2, 0) is 11.3 Å².